The fraction of sp³-hybridized carbons (Fsp3) is 0.500. The summed E-state index contributed by atoms with van der Waals surface area (Å²) in [7, 11) is -3.21. The molecule has 5 nitrogen and oxygen atoms in total. The van der Waals surface area contributed by atoms with Crippen LogP contribution in [0.15, 0.2) is 36.5 Å². The third kappa shape index (κ3) is 3.13. The van der Waals surface area contributed by atoms with Gasteiger partial charge < -0.3 is 0 Å². The van der Waals surface area contributed by atoms with E-state index in [9.17, 15) is 8.42 Å². The van der Waals surface area contributed by atoms with E-state index in [1.165, 1.54) is 5.56 Å². The van der Waals surface area contributed by atoms with Crippen molar-refractivity contribution in [2.24, 2.45) is 11.8 Å². The highest BCUT2D eigenvalue weighted by Crippen LogP contribution is 2.43. The summed E-state index contributed by atoms with van der Waals surface area (Å²) in [5.74, 6) is 1.26. The second-order valence-corrected chi connectivity index (χ2v) is 9.24. The van der Waals surface area contributed by atoms with Crippen LogP contribution in [0.4, 0.5) is 0 Å². The van der Waals surface area contributed by atoms with E-state index in [1.54, 1.807) is 10.5 Å². The zero-order valence-electron chi connectivity index (χ0n) is 13.9. The van der Waals surface area contributed by atoms with Gasteiger partial charge in [-0.15, -0.1) is 0 Å². The topological polar surface area (TPSA) is 66.1 Å². The Labute approximate surface area is 143 Å². The number of hydrogen-bond donors (Lipinski definition) is 1. The van der Waals surface area contributed by atoms with E-state index < -0.39 is 10.0 Å². The third-order valence-corrected chi connectivity index (χ3v) is 7.21. The molecule has 1 N–H and O–H groups in total. The highest BCUT2D eigenvalue weighted by molar-refractivity contribution is 7.89. The van der Waals surface area contributed by atoms with E-state index in [0.29, 0.717) is 24.9 Å². The number of nitrogens with zero attached hydrogens (tertiary/aromatic N) is 2. The average Bonchev–Trinajstić information content (AvgIpc) is 3.08. The van der Waals surface area contributed by atoms with Gasteiger partial charge in [0, 0.05) is 30.3 Å². The minimum Gasteiger partial charge on any atom is -0.282 e. The number of nitrogens with one attached hydrogen (secondary N) is 1. The van der Waals surface area contributed by atoms with Crippen molar-refractivity contribution >= 4 is 10.0 Å². The van der Waals surface area contributed by atoms with E-state index in [1.807, 2.05) is 25.1 Å². The smallest absolute Gasteiger partial charge is 0.214 e. The van der Waals surface area contributed by atoms with Crippen molar-refractivity contribution in [1.29, 1.82) is 0 Å². The van der Waals surface area contributed by atoms with Crippen molar-refractivity contribution < 1.29 is 8.42 Å². The van der Waals surface area contributed by atoms with Gasteiger partial charge in [-0.2, -0.15) is 9.40 Å². The molecule has 2 aromatic rings. The number of benzene rings is 1. The molecule has 0 spiro atoms. The second kappa shape index (κ2) is 6.01. The summed E-state index contributed by atoms with van der Waals surface area (Å²) >= 11 is 0. The molecule has 0 amide bonds. The minimum absolute atomic E-state index is 0.172. The zero-order valence-corrected chi connectivity index (χ0v) is 14.7. The van der Waals surface area contributed by atoms with Crippen LogP contribution in [0.5, 0.6) is 0 Å². The number of hydrogen-bond acceptors (Lipinski definition) is 3. The summed E-state index contributed by atoms with van der Waals surface area (Å²) in [4.78, 5) is 0. The van der Waals surface area contributed by atoms with Gasteiger partial charge in [0.25, 0.3) is 0 Å². The number of H-pyrrole nitrogens is 1. The molecule has 24 heavy (non-hydrogen) atoms. The molecule has 0 bridgehead atoms. The number of fused-ring (bicyclic) bond motifs is 1. The Morgan fingerprint density at radius 1 is 1.25 bits per heavy atom. The molecule has 3 atom stereocenters. The summed E-state index contributed by atoms with van der Waals surface area (Å²) in [6.07, 6.45) is 3.76. The molecule has 2 aliphatic rings. The Morgan fingerprint density at radius 2 is 2.04 bits per heavy atom. The normalized spacial score (nSPS) is 27.0. The molecule has 1 aliphatic carbocycles. The van der Waals surface area contributed by atoms with Crippen molar-refractivity contribution in [2.75, 3.05) is 12.3 Å². The largest absolute Gasteiger partial charge is 0.282 e. The Kier molecular flexibility index (Phi) is 3.96. The predicted octanol–water partition coefficient (Wildman–Crippen LogP) is 2.54. The fourth-order valence-corrected chi connectivity index (χ4v) is 5.74. The lowest BCUT2D eigenvalue weighted by Gasteiger charge is -2.29. The molecule has 2 heterocycles. The Bertz CT molecular complexity index is 816. The van der Waals surface area contributed by atoms with Gasteiger partial charge in [-0.25, -0.2) is 8.42 Å². The summed E-state index contributed by atoms with van der Waals surface area (Å²) in [5, 5.41) is 7.05. The van der Waals surface area contributed by atoms with E-state index >= 15 is 0 Å². The predicted molar refractivity (Wildman–Crippen MR) is 92.9 cm³/mol. The molecule has 128 valence electrons. The van der Waals surface area contributed by atoms with E-state index in [4.69, 9.17) is 0 Å². The molecule has 1 saturated carbocycles. The molecule has 0 radical (unpaired) electrons. The fourth-order valence-electron chi connectivity index (χ4n) is 3.79. The lowest BCUT2D eigenvalue weighted by Crippen LogP contribution is -2.39. The number of rotatable bonds is 5. The van der Waals surface area contributed by atoms with Crippen molar-refractivity contribution in [3.8, 4) is 0 Å². The third-order valence-electron chi connectivity index (χ3n) is 5.30. The molecule has 1 aliphatic heterocycles. The SMILES string of the molecule is CC1CN(S(=O)(=O)CC2CC2Cc2ccccc2)Cc2cn[nH]c21. The Morgan fingerprint density at radius 3 is 2.83 bits per heavy atom. The van der Waals surface area contributed by atoms with Gasteiger partial charge in [-0.05, 0) is 30.2 Å². The maximum absolute atomic E-state index is 12.8. The van der Waals surface area contributed by atoms with Crippen LogP contribution in [-0.4, -0.2) is 35.2 Å². The highest BCUT2D eigenvalue weighted by atomic mass is 32.2. The molecule has 1 aromatic carbocycles. The quantitative estimate of drug-likeness (QED) is 0.905. The Hall–Kier alpha value is -1.66. The first-order valence-electron chi connectivity index (χ1n) is 8.57. The van der Waals surface area contributed by atoms with Crippen LogP contribution in [0.1, 0.15) is 36.1 Å². The first kappa shape index (κ1) is 15.8. The van der Waals surface area contributed by atoms with Crippen LogP contribution in [-0.2, 0) is 23.0 Å². The van der Waals surface area contributed by atoms with Crippen LogP contribution in [0.25, 0.3) is 0 Å². The highest BCUT2D eigenvalue weighted by Gasteiger charge is 2.42. The van der Waals surface area contributed by atoms with Crippen LogP contribution < -0.4 is 0 Å². The molecular weight excluding hydrogens is 322 g/mol. The van der Waals surface area contributed by atoms with E-state index in [2.05, 4.69) is 22.3 Å². The van der Waals surface area contributed by atoms with Gasteiger partial charge in [0.15, 0.2) is 0 Å². The summed E-state index contributed by atoms with van der Waals surface area (Å²) in [6.45, 7) is 3.05. The zero-order chi connectivity index (χ0) is 16.7. The van der Waals surface area contributed by atoms with Gasteiger partial charge in [0.1, 0.15) is 0 Å². The van der Waals surface area contributed by atoms with Gasteiger partial charge in [-0.3, -0.25) is 5.10 Å². The molecule has 0 saturated heterocycles. The van der Waals surface area contributed by atoms with Crippen LogP contribution in [0.2, 0.25) is 0 Å². The molecule has 3 unspecified atom stereocenters. The summed E-state index contributed by atoms with van der Waals surface area (Å²) < 4.78 is 27.3. The maximum Gasteiger partial charge on any atom is 0.214 e. The Balaban J connectivity index is 1.39. The van der Waals surface area contributed by atoms with Crippen LogP contribution in [0, 0.1) is 11.8 Å². The molecule has 4 rings (SSSR count). The minimum atomic E-state index is -3.21. The van der Waals surface area contributed by atoms with Crippen molar-refractivity contribution in [1.82, 2.24) is 14.5 Å². The van der Waals surface area contributed by atoms with Gasteiger partial charge in [0.2, 0.25) is 10.0 Å². The summed E-state index contributed by atoms with van der Waals surface area (Å²) in [6, 6.07) is 10.3. The first-order chi connectivity index (χ1) is 11.5. The first-order valence-corrected chi connectivity index (χ1v) is 10.2. The number of aromatic amines is 1. The second-order valence-electron chi connectivity index (χ2n) is 7.23. The molecule has 6 heteroatoms. The van der Waals surface area contributed by atoms with Gasteiger partial charge >= 0.3 is 0 Å². The standard InChI is InChI=1S/C18H23N3O2S/c1-13-10-21(11-17-9-19-20-18(13)17)24(22,23)12-16-8-15(16)7-14-5-3-2-4-6-14/h2-6,9,13,15-16H,7-8,10-12H2,1H3,(H,19,20). The average molecular weight is 345 g/mol. The van der Waals surface area contributed by atoms with Gasteiger partial charge in [0.05, 0.1) is 11.9 Å². The number of aromatic nitrogens is 2. The van der Waals surface area contributed by atoms with E-state index in [0.717, 1.165) is 24.1 Å². The van der Waals surface area contributed by atoms with Crippen molar-refractivity contribution in [3.05, 3.63) is 53.3 Å². The lowest BCUT2D eigenvalue weighted by atomic mass is 10.0. The summed E-state index contributed by atoms with van der Waals surface area (Å²) in [5.41, 5.74) is 3.39. The van der Waals surface area contributed by atoms with Crippen molar-refractivity contribution in [3.63, 3.8) is 0 Å². The molecular formula is C18H23N3O2S. The number of sulfonamides is 1. The van der Waals surface area contributed by atoms with Crippen molar-refractivity contribution in [2.45, 2.75) is 32.2 Å². The monoisotopic (exact) mass is 345 g/mol. The van der Waals surface area contributed by atoms with E-state index in [-0.39, 0.29) is 11.7 Å². The maximum atomic E-state index is 12.8. The van der Waals surface area contributed by atoms with Gasteiger partial charge in [-0.1, -0.05) is 37.3 Å². The van der Waals surface area contributed by atoms with Crippen LogP contribution >= 0.6 is 0 Å². The molecule has 1 aromatic heterocycles. The lowest BCUT2D eigenvalue weighted by molar-refractivity contribution is 0.360. The molecule has 1 fully saturated rings. The van der Waals surface area contributed by atoms with Crippen LogP contribution in [0.3, 0.4) is 0 Å².